The molecule has 5 nitrogen and oxygen atoms in total. The molecule has 0 heterocycles. The number of carbonyl (C=O) groups is 2. The molecule has 2 amide bonds. The van der Waals surface area contributed by atoms with Crippen molar-refractivity contribution in [3.05, 3.63) is 12.7 Å². The zero-order valence-electron chi connectivity index (χ0n) is 12.7. The van der Waals surface area contributed by atoms with Gasteiger partial charge < -0.3 is 15.3 Å². The summed E-state index contributed by atoms with van der Waals surface area (Å²) in [5, 5.41) is 12.1. The normalized spacial score (nSPS) is 22.9. The van der Waals surface area contributed by atoms with Gasteiger partial charge in [0.15, 0.2) is 0 Å². The summed E-state index contributed by atoms with van der Waals surface area (Å²) in [6.07, 6.45) is 4.93. The van der Waals surface area contributed by atoms with Crippen LogP contribution in [0.2, 0.25) is 0 Å². The van der Waals surface area contributed by atoms with Crippen LogP contribution in [0.1, 0.15) is 46.5 Å². The maximum Gasteiger partial charge on any atom is 0.318 e. The van der Waals surface area contributed by atoms with E-state index in [0.717, 1.165) is 19.3 Å². The Morgan fingerprint density at radius 1 is 1.35 bits per heavy atom. The van der Waals surface area contributed by atoms with E-state index < -0.39 is 11.9 Å². The molecule has 20 heavy (non-hydrogen) atoms. The molecule has 0 aromatic heterocycles. The number of urea groups is 1. The van der Waals surface area contributed by atoms with Gasteiger partial charge in [0.25, 0.3) is 0 Å². The lowest BCUT2D eigenvalue weighted by Gasteiger charge is -2.37. The summed E-state index contributed by atoms with van der Waals surface area (Å²) < 4.78 is 0. The van der Waals surface area contributed by atoms with E-state index in [-0.39, 0.29) is 17.6 Å². The SMILES string of the molecule is C=CCN(C(=O)NC1CCCCC1C(=O)O)C(C)(C)C. The van der Waals surface area contributed by atoms with Crippen molar-refractivity contribution in [3.8, 4) is 0 Å². The van der Waals surface area contributed by atoms with Crippen molar-refractivity contribution in [1.29, 1.82) is 0 Å². The number of carbonyl (C=O) groups excluding carboxylic acids is 1. The number of hydrogen-bond acceptors (Lipinski definition) is 2. The number of rotatable bonds is 4. The smallest absolute Gasteiger partial charge is 0.318 e. The fraction of sp³-hybridized carbons (Fsp3) is 0.733. The van der Waals surface area contributed by atoms with Gasteiger partial charge in [-0.25, -0.2) is 4.79 Å². The molecular weight excluding hydrogens is 256 g/mol. The highest BCUT2D eigenvalue weighted by Crippen LogP contribution is 2.25. The molecule has 1 aliphatic rings. The highest BCUT2D eigenvalue weighted by Gasteiger charge is 2.34. The summed E-state index contributed by atoms with van der Waals surface area (Å²) in [5.74, 6) is -1.29. The Bertz CT molecular complexity index is 374. The molecule has 0 radical (unpaired) electrons. The number of amides is 2. The van der Waals surface area contributed by atoms with Crippen LogP contribution in [0.4, 0.5) is 4.79 Å². The van der Waals surface area contributed by atoms with E-state index in [9.17, 15) is 14.7 Å². The molecule has 0 aromatic carbocycles. The maximum absolute atomic E-state index is 12.4. The van der Waals surface area contributed by atoms with E-state index in [1.807, 2.05) is 20.8 Å². The molecule has 1 rings (SSSR count). The Morgan fingerprint density at radius 3 is 2.45 bits per heavy atom. The fourth-order valence-electron chi connectivity index (χ4n) is 2.63. The largest absolute Gasteiger partial charge is 0.481 e. The fourth-order valence-corrected chi connectivity index (χ4v) is 2.63. The van der Waals surface area contributed by atoms with Gasteiger partial charge in [-0.15, -0.1) is 6.58 Å². The van der Waals surface area contributed by atoms with Crippen LogP contribution in [0.15, 0.2) is 12.7 Å². The number of nitrogens with one attached hydrogen (secondary N) is 1. The lowest BCUT2D eigenvalue weighted by atomic mass is 9.84. The van der Waals surface area contributed by atoms with Crippen molar-refractivity contribution >= 4 is 12.0 Å². The Kier molecular flexibility index (Phi) is 5.60. The lowest BCUT2D eigenvalue weighted by molar-refractivity contribution is -0.143. The van der Waals surface area contributed by atoms with Gasteiger partial charge >= 0.3 is 12.0 Å². The quantitative estimate of drug-likeness (QED) is 0.779. The molecule has 0 spiro atoms. The summed E-state index contributed by atoms with van der Waals surface area (Å²) in [7, 11) is 0. The van der Waals surface area contributed by atoms with Crippen LogP contribution in [-0.4, -0.2) is 40.1 Å². The van der Waals surface area contributed by atoms with Gasteiger partial charge in [0.05, 0.1) is 5.92 Å². The predicted molar refractivity (Wildman–Crippen MR) is 78.6 cm³/mol. The van der Waals surface area contributed by atoms with Crippen LogP contribution >= 0.6 is 0 Å². The van der Waals surface area contributed by atoms with Gasteiger partial charge in [-0.1, -0.05) is 18.9 Å². The van der Waals surface area contributed by atoms with Crippen molar-refractivity contribution in [1.82, 2.24) is 10.2 Å². The van der Waals surface area contributed by atoms with Gasteiger partial charge in [-0.3, -0.25) is 4.79 Å². The summed E-state index contributed by atoms with van der Waals surface area (Å²) in [5.41, 5.74) is -0.328. The van der Waals surface area contributed by atoms with E-state index in [2.05, 4.69) is 11.9 Å². The van der Waals surface area contributed by atoms with E-state index in [4.69, 9.17) is 0 Å². The van der Waals surface area contributed by atoms with E-state index in [1.54, 1.807) is 11.0 Å². The van der Waals surface area contributed by atoms with Crippen LogP contribution in [0, 0.1) is 5.92 Å². The molecule has 2 unspecified atom stereocenters. The van der Waals surface area contributed by atoms with Crippen LogP contribution in [0.3, 0.4) is 0 Å². The number of aliphatic carboxylic acids is 1. The van der Waals surface area contributed by atoms with E-state index in [0.29, 0.717) is 13.0 Å². The van der Waals surface area contributed by atoms with Crippen LogP contribution in [-0.2, 0) is 4.79 Å². The van der Waals surface area contributed by atoms with Gasteiger partial charge in [0.2, 0.25) is 0 Å². The highest BCUT2D eigenvalue weighted by molar-refractivity contribution is 5.77. The third kappa shape index (κ3) is 4.25. The molecule has 0 aromatic rings. The minimum absolute atomic E-state index is 0.212. The Labute approximate surface area is 121 Å². The monoisotopic (exact) mass is 282 g/mol. The topological polar surface area (TPSA) is 69.6 Å². The molecule has 2 atom stereocenters. The van der Waals surface area contributed by atoms with Crippen molar-refractivity contribution < 1.29 is 14.7 Å². The Hall–Kier alpha value is -1.52. The zero-order valence-corrected chi connectivity index (χ0v) is 12.7. The second kappa shape index (κ2) is 6.77. The summed E-state index contributed by atoms with van der Waals surface area (Å²) in [6, 6.07) is -0.487. The Balaban J connectivity index is 2.75. The first kappa shape index (κ1) is 16.5. The molecule has 1 aliphatic carbocycles. The average Bonchev–Trinajstić information content (AvgIpc) is 2.34. The first-order valence-corrected chi connectivity index (χ1v) is 7.19. The summed E-state index contributed by atoms with van der Waals surface area (Å²) >= 11 is 0. The summed E-state index contributed by atoms with van der Waals surface area (Å²) in [4.78, 5) is 25.3. The first-order chi connectivity index (χ1) is 9.27. The maximum atomic E-state index is 12.4. The van der Waals surface area contributed by atoms with Crippen molar-refractivity contribution in [2.24, 2.45) is 5.92 Å². The second-order valence-corrected chi connectivity index (χ2v) is 6.36. The minimum Gasteiger partial charge on any atom is -0.481 e. The zero-order chi connectivity index (χ0) is 15.3. The molecule has 0 aliphatic heterocycles. The molecule has 1 saturated carbocycles. The van der Waals surface area contributed by atoms with E-state index in [1.165, 1.54) is 0 Å². The van der Waals surface area contributed by atoms with Gasteiger partial charge in [-0.2, -0.15) is 0 Å². The summed E-state index contributed by atoms with van der Waals surface area (Å²) in [6.45, 7) is 9.96. The standard InChI is InChI=1S/C15H26N2O3/c1-5-10-17(15(2,3)4)14(20)16-12-9-7-6-8-11(12)13(18)19/h5,11-12H,1,6-10H2,2-4H3,(H,16,20)(H,18,19). The minimum atomic E-state index is -0.818. The molecule has 0 saturated heterocycles. The van der Waals surface area contributed by atoms with Crippen molar-refractivity contribution in [2.45, 2.75) is 58.0 Å². The lowest BCUT2D eigenvalue weighted by Crippen LogP contribution is -2.55. The van der Waals surface area contributed by atoms with Gasteiger partial charge in [0.1, 0.15) is 0 Å². The third-order valence-corrected chi connectivity index (χ3v) is 3.76. The molecule has 1 fully saturated rings. The molecule has 0 bridgehead atoms. The third-order valence-electron chi connectivity index (χ3n) is 3.76. The first-order valence-electron chi connectivity index (χ1n) is 7.19. The van der Waals surface area contributed by atoms with Crippen LogP contribution in [0.25, 0.3) is 0 Å². The van der Waals surface area contributed by atoms with Crippen LogP contribution in [0.5, 0.6) is 0 Å². The van der Waals surface area contributed by atoms with Crippen molar-refractivity contribution in [3.63, 3.8) is 0 Å². The average molecular weight is 282 g/mol. The molecule has 114 valence electrons. The molecular formula is C15H26N2O3. The van der Waals surface area contributed by atoms with Gasteiger partial charge in [0, 0.05) is 18.1 Å². The second-order valence-electron chi connectivity index (χ2n) is 6.36. The number of carboxylic acid groups (broad SMARTS) is 1. The predicted octanol–water partition coefficient (Wildman–Crippen LogP) is 2.63. The number of carboxylic acids is 1. The molecule has 2 N–H and O–H groups in total. The number of hydrogen-bond donors (Lipinski definition) is 2. The van der Waals surface area contributed by atoms with Crippen molar-refractivity contribution in [2.75, 3.05) is 6.54 Å². The van der Waals surface area contributed by atoms with Crippen LogP contribution < -0.4 is 5.32 Å². The number of nitrogens with zero attached hydrogens (tertiary/aromatic N) is 1. The Morgan fingerprint density at radius 2 is 1.95 bits per heavy atom. The van der Waals surface area contributed by atoms with Gasteiger partial charge in [-0.05, 0) is 33.6 Å². The molecule has 5 heteroatoms. The van der Waals surface area contributed by atoms with E-state index >= 15 is 0 Å². The highest BCUT2D eigenvalue weighted by atomic mass is 16.4.